The fourth-order valence-electron chi connectivity index (χ4n) is 2.51. The Balaban J connectivity index is 1.95. The Morgan fingerprint density at radius 1 is 1.28 bits per heavy atom. The average molecular weight is 340 g/mol. The summed E-state index contributed by atoms with van der Waals surface area (Å²) in [6.07, 6.45) is 4.94. The molecule has 25 heavy (non-hydrogen) atoms. The van der Waals surface area contributed by atoms with Crippen molar-refractivity contribution in [2.75, 3.05) is 12.3 Å². The largest absolute Gasteiger partial charge is 0.481 e. The second-order valence-corrected chi connectivity index (χ2v) is 5.34. The molecule has 0 saturated heterocycles. The molecule has 0 radical (unpaired) electrons. The summed E-state index contributed by atoms with van der Waals surface area (Å²) in [6.45, 7) is 0.251. The first-order valence-electron chi connectivity index (χ1n) is 7.60. The summed E-state index contributed by atoms with van der Waals surface area (Å²) in [5.74, 6) is -1.07. The van der Waals surface area contributed by atoms with Crippen molar-refractivity contribution in [3.05, 3.63) is 42.5 Å². The van der Waals surface area contributed by atoms with Gasteiger partial charge in [-0.2, -0.15) is 5.10 Å². The molecule has 9 nitrogen and oxygen atoms in total. The number of carboxylic acids is 1. The van der Waals surface area contributed by atoms with Crippen LogP contribution in [0.15, 0.2) is 36.9 Å². The molecule has 0 spiro atoms. The van der Waals surface area contributed by atoms with Gasteiger partial charge in [0.1, 0.15) is 11.8 Å². The molecule has 0 atom stereocenters. The molecule has 3 aromatic heterocycles. The van der Waals surface area contributed by atoms with Gasteiger partial charge >= 0.3 is 5.97 Å². The number of nitrogens with one attached hydrogen (secondary N) is 1. The standard InChI is InChI=1S/C16H16N6O3/c17-15-14-11(16(25)19-5-1-2-13(23)24)8-12(22(14)21-9-20-15)10-3-6-18-7-4-10/h3-4,6-9H,1-2,5H2,(H,19,25)(H,23,24)(H2,17,20,21). The highest BCUT2D eigenvalue weighted by molar-refractivity contribution is 6.05. The van der Waals surface area contributed by atoms with Crippen LogP contribution in [0.4, 0.5) is 5.82 Å². The van der Waals surface area contributed by atoms with Crippen LogP contribution in [0.2, 0.25) is 0 Å². The van der Waals surface area contributed by atoms with E-state index in [1.165, 1.54) is 6.33 Å². The van der Waals surface area contributed by atoms with Crippen molar-refractivity contribution in [3.63, 3.8) is 0 Å². The molecule has 0 aliphatic heterocycles. The zero-order valence-corrected chi connectivity index (χ0v) is 13.2. The molecule has 0 aromatic carbocycles. The van der Waals surface area contributed by atoms with E-state index in [-0.39, 0.29) is 24.7 Å². The number of hydrogen-bond acceptors (Lipinski definition) is 6. The van der Waals surface area contributed by atoms with Crippen molar-refractivity contribution >= 4 is 23.2 Å². The highest BCUT2D eigenvalue weighted by Crippen LogP contribution is 2.27. The van der Waals surface area contributed by atoms with Crippen LogP contribution in [0.25, 0.3) is 16.8 Å². The number of nitrogens with zero attached hydrogens (tertiary/aromatic N) is 4. The van der Waals surface area contributed by atoms with Gasteiger partial charge in [-0.1, -0.05) is 0 Å². The molecular weight excluding hydrogens is 324 g/mol. The van der Waals surface area contributed by atoms with Gasteiger partial charge in [-0.05, 0) is 24.6 Å². The minimum atomic E-state index is -0.902. The first-order chi connectivity index (χ1) is 12.1. The Hall–Kier alpha value is -3.49. The lowest BCUT2D eigenvalue weighted by Gasteiger charge is -2.04. The number of carboxylic acid groups (broad SMARTS) is 1. The highest BCUT2D eigenvalue weighted by atomic mass is 16.4. The maximum atomic E-state index is 12.5. The van der Waals surface area contributed by atoms with Gasteiger partial charge in [0.2, 0.25) is 0 Å². The van der Waals surface area contributed by atoms with Gasteiger partial charge in [0.05, 0.1) is 11.3 Å². The number of hydrogen-bond donors (Lipinski definition) is 3. The molecule has 0 saturated carbocycles. The van der Waals surface area contributed by atoms with Crippen LogP contribution in [-0.2, 0) is 4.79 Å². The molecule has 4 N–H and O–H groups in total. The van der Waals surface area contributed by atoms with Gasteiger partial charge in [0.25, 0.3) is 5.91 Å². The average Bonchev–Trinajstić information content (AvgIpc) is 3.00. The molecular formula is C16H16N6O3. The lowest BCUT2D eigenvalue weighted by molar-refractivity contribution is -0.137. The number of amides is 1. The molecule has 9 heteroatoms. The third kappa shape index (κ3) is 3.39. The van der Waals surface area contributed by atoms with Crippen molar-refractivity contribution < 1.29 is 14.7 Å². The third-order valence-electron chi connectivity index (χ3n) is 3.66. The topological polar surface area (TPSA) is 135 Å². The number of carbonyl (C=O) groups excluding carboxylic acids is 1. The predicted molar refractivity (Wildman–Crippen MR) is 89.8 cm³/mol. The fraction of sp³-hybridized carbons (Fsp3) is 0.188. The minimum absolute atomic E-state index is 0.00962. The van der Waals surface area contributed by atoms with E-state index in [1.54, 1.807) is 35.1 Å². The van der Waals surface area contributed by atoms with E-state index in [1.807, 2.05) is 0 Å². The van der Waals surface area contributed by atoms with Gasteiger partial charge in [0.15, 0.2) is 5.82 Å². The van der Waals surface area contributed by atoms with Crippen molar-refractivity contribution in [2.24, 2.45) is 0 Å². The summed E-state index contributed by atoms with van der Waals surface area (Å²) in [4.78, 5) is 31.0. The van der Waals surface area contributed by atoms with Crippen molar-refractivity contribution in [3.8, 4) is 11.3 Å². The molecule has 1 amide bonds. The first-order valence-corrected chi connectivity index (χ1v) is 7.60. The van der Waals surface area contributed by atoms with Crippen molar-refractivity contribution in [2.45, 2.75) is 12.8 Å². The summed E-state index contributed by atoms with van der Waals surface area (Å²) in [5, 5.41) is 15.5. The van der Waals surface area contributed by atoms with Crippen molar-refractivity contribution in [1.29, 1.82) is 0 Å². The second kappa shape index (κ2) is 6.95. The molecule has 0 bridgehead atoms. The maximum absolute atomic E-state index is 12.5. The SMILES string of the molecule is Nc1ncnn2c(-c3ccncc3)cc(C(=O)NCCCC(=O)O)c12. The second-order valence-electron chi connectivity index (χ2n) is 5.34. The van der Waals surface area contributed by atoms with Crippen molar-refractivity contribution in [1.82, 2.24) is 24.9 Å². The Labute approximate surface area is 142 Å². The number of aromatic nitrogens is 4. The maximum Gasteiger partial charge on any atom is 0.303 e. The van der Waals surface area contributed by atoms with Gasteiger partial charge in [-0.25, -0.2) is 9.50 Å². The molecule has 0 aliphatic rings. The third-order valence-corrected chi connectivity index (χ3v) is 3.66. The molecule has 3 heterocycles. The number of pyridine rings is 1. The van der Waals surface area contributed by atoms with Crippen LogP contribution < -0.4 is 11.1 Å². The number of carbonyl (C=O) groups is 2. The van der Waals surface area contributed by atoms with Crippen LogP contribution in [-0.4, -0.2) is 43.1 Å². The molecule has 3 rings (SSSR count). The normalized spacial score (nSPS) is 10.7. The number of anilines is 1. The van der Waals surface area contributed by atoms with E-state index >= 15 is 0 Å². The zero-order chi connectivity index (χ0) is 17.8. The van der Waals surface area contributed by atoms with E-state index < -0.39 is 5.97 Å². The van der Waals surface area contributed by atoms with E-state index in [9.17, 15) is 9.59 Å². The van der Waals surface area contributed by atoms with Crippen LogP contribution in [0, 0.1) is 0 Å². The lowest BCUT2D eigenvalue weighted by atomic mass is 10.1. The summed E-state index contributed by atoms with van der Waals surface area (Å²) in [5.41, 5.74) is 8.19. The van der Waals surface area contributed by atoms with E-state index in [4.69, 9.17) is 10.8 Å². The highest BCUT2D eigenvalue weighted by Gasteiger charge is 2.19. The Morgan fingerprint density at radius 2 is 2.04 bits per heavy atom. The number of fused-ring (bicyclic) bond motifs is 1. The number of nitrogen functional groups attached to an aromatic ring is 1. The minimum Gasteiger partial charge on any atom is -0.481 e. The van der Waals surface area contributed by atoms with Crippen LogP contribution >= 0.6 is 0 Å². The van der Waals surface area contributed by atoms with Gasteiger partial charge in [-0.3, -0.25) is 14.6 Å². The molecule has 128 valence electrons. The van der Waals surface area contributed by atoms with Gasteiger partial charge < -0.3 is 16.2 Å². The summed E-state index contributed by atoms with van der Waals surface area (Å²) in [6, 6.07) is 5.28. The van der Waals surface area contributed by atoms with E-state index in [0.29, 0.717) is 23.2 Å². The Bertz CT molecular complexity index is 922. The zero-order valence-electron chi connectivity index (χ0n) is 13.2. The molecule has 0 fully saturated rings. The van der Waals surface area contributed by atoms with Gasteiger partial charge in [0, 0.05) is 30.9 Å². The number of nitrogens with two attached hydrogens (primary N) is 1. The fourth-order valence-corrected chi connectivity index (χ4v) is 2.51. The lowest BCUT2D eigenvalue weighted by Crippen LogP contribution is -2.25. The monoisotopic (exact) mass is 340 g/mol. The molecule has 3 aromatic rings. The molecule has 0 unspecified atom stereocenters. The Morgan fingerprint density at radius 3 is 2.76 bits per heavy atom. The number of rotatable bonds is 6. The van der Waals surface area contributed by atoms with Crippen LogP contribution in [0.3, 0.4) is 0 Å². The number of aliphatic carboxylic acids is 1. The molecule has 0 aliphatic carbocycles. The van der Waals surface area contributed by atoms with Crippen LogP contribution in [0.1, 0.15) is 23.2 Å². The summed E-state index contributed by atoms with van der Waals surface area (Å²) < 4.78 is 1.56. The Kier molecular flexibility index (Phi) is 4.55. The van der Waals surface area contributed by atoms with Crippen LogP contribution in [0.5, 0.6) is 0 Å². The smallest absolute Gasteiger partial charge is 0.303 e. The summed E-state index contributed by atoms with van der Waals surface area (Å²) >= 11 is 0. The van der Waals surface area contributed by atoms with Gasteiger partial charge in [-0.15, -0.1) is 0 Å². The first kappa shape index (κ1) is 16.4. The summed E-state index contributed by atoms with van der Waals surface area (Å²) in [7, 11) is 0. The van der Waals surface area contributed by atoms with E-state index in [2.05, 4.69) is 20.4 Å². The quantitative estimate of drug-likeness (QED) is 0.569. The predicted octanol–water partition coefficient (Wildman–Crippen LogP) is 0.968. The van der Waals surface area contributed by atoms with E-state index in [0.717, 1.165) is 5.56 Å².